The molecule has 3 aromatic rings. The standard InChI is InChI=1S/C23H24F2N6/c24-19-4-3-5-20(21(19)25)29-23(30-27)18-12-17(13-28-22(18)26)16-8-6-15(7-9-16)14-31-10-1-2-11-31/h3-9,12-13H,1-2,10-11,14,27H2,(H2,26,28)(H,29,30). The highest BCUT2D eigenvalue weighted by Gasteiger charge is 2.14. The number of nitrogens with one attached hydrogen (secondary N) is 1. The van der Waals surface area contributed by atoms with Crippen molar-refractivity contribution in [2.24, 2.45) is 10.8 Å². The molecule has 1 saturated heterocycles. The summed E-state index contributed by atoms with van der Waals surface area (Å²) in [5.74, 6) is 3.81. The summed E-state index contributed by atoms with van der Waals surface area (Å²) in [5.41, 5.74) is 11.6. The molecule has 0 spiro atoms. The lowest BCUT2D eigenvalue weighted by atomic mass is 10.0. The van der Waals surface area contributed by atoms with Crippen LogP contribution in [0.2, 0.25) is 0 Å². The van der Waals surface area contributed by atoms with E-state index in [-0.39, 0.29) is 17.3 Å². The Morgan fingerprint density at radius 1 is 1.06 bits per heavy atom. The van der Waals surface area contributed by atoms with Gasteiger partial charge in [-0.15, -0.1) is 0 Å². The van der Waals surface area contributed by atoms with Crippen LogP contribution >= 0.6 is 0 Å². The largest absolute Gasteiger partial charge is 0.383 e. The second kappa shape index (κ2) is 9.20. The summed E-state index contributed by atoms with van der Waals surface area (Å²) >= 11 is 0. The van der Waals surface area contributed by atoms with Crippen LogP contribution < -0.4 is 17.0 Å². The van der Waals surface area contributed by atoms with Gasteiger partial charge in [0, 0.05) is 18.3 Å². The molecule has 4 rings (SSSR count). The molecule has 0 atom stereocenters. The molecule has 0 amide bonds. The van der Waals surface area contributed by atoms with E-state index >= 15 is 0 Å². The van der Waals surface area contributed by atoms with Crippen LogP contribution in [0.15, 0.2) is 59.7 Å². The highest BCUT2D eigenvalue weighted by Crippen LogP contribution is 2.25. The first kappa shape index (κ1) is 20.9. The topological polar surface area (TPSA) is 92.6 Å². The highest BCUT2D eigenvalue weighted by molar-refractivity contribution is 6.04. The Balaban J connectivity index is 1.63. The van der Waals surface area contributed by atoms with Crippen molar-refractivity contribution in [3.05, 3.63) is 77.5 Å². The van der Waals surface area contributed by atoms with Crippen molar-refractivity contribution in [3.8, 4) is 11.1 Å². The first-order chi connectivity index (χ1) is 15.0. The molecule has 0 aliphatic carbocycles. The van der Waals surface area contributed by atoms with Crippen molar-refractivity contribution < 1.29 is 8.78 Å². The molecule has 1 fully saturated rings. The van der Waals surface area contributed by atoms with Crippen molar-refractivity contribution in [2.45, 2.75) is 19.4 Å². The first-order valence-electron chi connectivity index (χ1n) is 10.1. The second-order valence-electron chi connectivity index (χ2n) is 7.51. The van der Waals surface area contributed by atoms with Crippen LogP contribution in [-0.2, 0) is 6.54 Å². The normalized spacial score (nSPS) is 14.7. The van der Waals surface area contributed by atoms with Gasteiger partial charge in [-0.25, -0.2) is 24.6 Å². The SMILES string of the molecule is NNC(=Nc1cccc(F)c1F)c1cc(-c2ccc(CN3CCCC3)cc2)cnc1N. The number of amidine groups is 1. The molecule has 0 bridgehead atoms. The van der Waals surface area contributed by atoms with Crippen molar-refractivity contribution in [1.29, 1.82) is 0 Å². The molecule has 5 N–H and O–H groups in total. The van der Waals surface area contributed by atoms with E-state index < -0.39 is 11.6 Å². The lowest BCUT2D eigenvalue weighted by Gasteiger charge is -2.15. The maximum Gasteiger partial charge on any atom is 0.184 e. The number of nitrogen functional groups attached to an aromatic ring is 1. The van der Waals surface area contributed by atoms with Gasteiger partial charge < -0.3 is 11.2 Å². The number of aromatic nitrogens is 1. The predicted octanol–water partition coefficient (Wildman–Crippen LogP) is 3.75. The molecule has 1 aliphatic rings. The quantitative estimate of drug-likeness (QED) is 0.252. The monoisotopic (exact) mass is 422 g/mol. The highest BCUT2D eigenvalue weighted by atomic mass is 19.2. The maximum atomic E-state index is 14.0. The minimum Gasteiger partial charge on any atom is -0.383 e. The van der Waals surface area contributed by atoms with E-state index in [2.05, 4.69) is 32.4 Å². The maximum absolute atomic E-state index is 14.0. The zero-order valence-corrected chi connectivity index (χ0v) is 17.0. The third-order valence-corrected chi connectivity index (χ3v) is 5.37. The molecular formula is C23H24F2N6. The number of nitrogens with two attached hydrogens (primary N) is 2. The Labute approximate surface area is 179 Å². The van der Waals surface area contributed by atoms with Crippen LogP contribution in [0.4, 0.5) is 20.3 Å². The molecule has 2 heterocycles. The van der Waals surface area contributed by atoms with Crippen molar-refractivity contribution in [2.75, 3.05) is 18.8 Å². The second-order valence-corrected chi connectivity index (χ2v) is 7.51. The van der Waals surface area contributed by atoms with E-state index in [1.807, 2.05) is 12.1 Å². The average Bonchev–Trinajstić information content (AvgIpc) is 3.29. The van der Waals surface area contributed by atoms with Crippen molar-refractivity contribution in [1.82, 2.24) is 15.3 Å². The minimum absolute atomic E-state index is 0.0852. The number of hydrazine groups is 1. The molecule has 0 unspecified atom stereocenters. The number of nitrogens with zero attached hydrogens (tertiary/aromatic N) is 3. The number of hydrogen-bond acceptors (Lipinski definition) is 5. The Hall–Kier alpha value is -3.36. The van der Waals surface area contributed by atoms with Gasteiger partial charge in [-0.3, -0.25) is 4.90 Å². The van der Waals surface area contributed by atoms with Crippen LogP contribution in [0.5, 0.6) is 0 Å². The number of rotatable bonds is 5. The zero-order valence-electron chi connectivity index (χ0n) is 17.0. The Bertz CT molecular complexity index is 1090. The van der Waals surface area contributed by atoms with Gasteiger partial charge in [-0.2, -0.15) is 0 Å². The number of pyridine rings is 1. The number of benzene rings is 2. The molecule has 6 nitrogen and oxygen atoms in total. The zero-order chi connectivity index (χ0) is 21.8. The van der Waals surface area contributed by atoms with Crippen LogP contribution in [-0.4, -0.2) is 28.8 Å². The van der Waals surface area contributed by atoms with Gasteiger partial charge in [0.05, 0.1) is 5.56 Å². The van der Waals surface area contributed by atoms with Gasteiger partial charge in [0.2, 0.25) is 0 Å². The van der Waals surface area contributed by atoms with E-state index in [1.54, 1.807) is 12.3 Å². The molecular weight excluding hydrogens is 398 g/mol. The molecule has 160 valence electrons. The minimum atomic E-state index is -1.06. The number of halogens is 2. The van der Waals surface area contributed by atoms with Crippen molar-refractivity contribution >= 4 is 17.3 Å². The molecule has 0 saturated carbocycles. The van der Waals surface area contributed by atoms with Gasteiger partial charge in [0.25, 0.3) is 0 Å². The molecule has 0 radical (unpaired) electrons. The molecule has 1 aliphatic heterocycles. The van der Waals surface area contributed by atoms with Gasteiger partial charge in [-0.1, -0.05) is 30.3 Å². The van der Waals surface area contributed by atoms with E-state index in [1.165, 1.54) is 30.5 Å². The van der Waals surface area contributed by atoms with E-state index in [4.69, 9.17) is 11.6 Å². The van der Waals surface area contributed by atoms with E-state index in [9.17, 15) is 8.78 Å². The van der Waals surface area contributed by atoms with E-state index in [0.717, 1.165) is 36.8 Å². The fraction of sp³-hybridized carbons (Fsp3) is 0.217. The predicted molar refractivity (Wildman–Crippen MR) is 118 cm³/mol. The fourth-order valence-electron chi connectivity index (χ4n) is 3.69. The third-order valence-electron chi connectivity index (χ3n) is 5.37. The van der Waals surface area contributed by atoms with Gasteiger partial charge in [0.1, 0.15) is 11.5 Å². The Morgan fingerprint density at radius 3 is 2.52 bits per heavy atom. The molecule has 1 aromatic heterocycles. The Morgan fingerprint density at radius 2 is 1.81 bits per heavy atom. The lowest BCUT2D eigenvalue weighted by molar-refractivity contribution is 0.331. The lowest BCUT2D eigenvalue weighted by Crippen LogP contribution is -2.31. The summed E-state index contributed by atoms with van der Waals surface area (Å²) < 4.78 is 27.6. The van der Waals surface area contributed by atoms with Gasteiger partial charge in [0.15, 0.2) is 17.5 Å². The van der Waals surface area contributed by atoms with Crippen LogP contribution in [0.1, 0.15) is 24.0 Å². The van der Waals surface area contributed by atoms with E-state index in [0.29, 0.717) is 5.56 Å². The average molecular weight is 422 g/mol. The summed E-state index contributed by atoms with van der Waals surface area (Å²) in [6, 6.07) is 13.8. The summed E-state index contributed by atoms with van der Waals surface area (Å²) in [6.45, 7) is 3.23. The number of anilines is 1. The fourth-order valence-corrected chi connectivity index (χ4v) is 3.69. The van der Waals surface area contributed by atoms with Gasteiger partial charge >= 0.3 is 0 Å². The smallest absolute Gasteiger partial charge is 0.184 e. The van der Waals surface area contributed by atoms with Gasteiger partial charge in [-0.05, 0) is 55.3 Å². The Kier molecular flexibility index (Phi) is 6.20. The number of likely N-dealkylation sites (tertiary alicyclic amines) is 1. The third kappa shape index (κ3) is 4.70. The molecule has 31 heavy (non-hydrogen) atoms. The van der Waals surface area contributed by atoms with Crippen molar-refractivity contribution in [3.63, 3.8) is 0 Å². The van der Waals surface area contributed by atoms with Crippen LogP contribution in [0.3, 0.4) is 0 Å². The summed E-state index contributed by atoms with van der Waals surface area (Å²) in [6.07, 6.45) is 4.18. The first-order valence-corrected chi connectivity index (χ1v) is 10.1. The number of hydrogen-bond donors (Lipinski definition) is 3. The van der Waals surface area contributed by atoms with Crippen LogP contribution in [0.25, 0.3) is 11.1 Å². The summed E-state index contributed by atoms with van der Waals surface area (Å²) in [7, 11) is 0. The summed E-state index contributed by atoms with van der Waals surface area (Å²) in [5, 5.41) is 0. The molecule has 2 aromatic carbocycles. The molecule has 8 heteroatoms. The number of aliphatic imine (C=N–C) groups is 1. The van der Waals surface area contributed by atoms with Crippen LogP contribution in [0, 0.1) is 11.6 Å². The summed E-state index contributed by atoms with van der Waals surface area (Å²) in [4.78, 5) is 10.8.